The van der Waals surface area contributed by atoms with E-state index in [0.717, 1.165) is 19.3 Å². The average molecular weight is 309 g/mol. The Kier molecular flexibility index (Phi) is 4.22. The predicted molar refractivity (Wildman–Crippen MR) is 81.9 cm³/mol. The van der Waals surface area contributed by atoms with E-state index in [1.807, 2.05) is 0 Å². The van der Waals surface area contributed by atoms with Crippen molar-refractivity contribution in [3.8, 4) is 5.75 Å². The van der Waals surface area contributed by atoms with Crippen molar-refractivity contribution in [2.24, 2.45) is 5.92 Å². The van der Waals surface area contributed by atoms with E-state index in [1.54, 1.807) is 35.7 Å². The second-order valence-corrected chi connectivity index (χ2v) is 7.94. The van der Waals surface area contributed by atoms with Crippen LogP contribution in [0.3, 0.4) is 0 Å². The van der Waals surface area contributed by atoms with Crippen LogP contribution in [0.4, 0.5) is 0 Å². The highest BCUT2D eigenvalue weighted by molar-refractivity contribution is 7.89. The molecule has 0 N–H and O–H groups in total. The summed E-state index contributed by atoms with van der Waals surface area (Å²) in [5.74, 6) is 1.24. The highest BCUT2D eigenvalue weighted by Crippen LogP contribution is 2.38. The van der Waals surface area contributed by atoms with E-state index < -0.39 is 10.0 Å². The first kappa shape index (κ1) is 14.9. The van der Waals surface area contributed by atoms with Gasteiger partial charge in [0.1, 0.15) is 5.75 Å². The number of fused-ring (bicyclic) bond motifs is 1. The van der Waals surface area contributed by atoms with Crippen molar-refractivity contribution in [3.05, 3.63) is 24.3 Å². The summed E-state index contributed by atoms with van der Waals surface area (Å²) >= 11 is 0. The fourth-order valence-corrected chi connectivity index (χ4v) is 5.51. The zero-order chi connectivity index (χ0) is 14.9. The lowest BCUT2D eigenvalue weighted by molar-refractivity contribution is 0.129. The highest BCUT2D eigenvalue weighted by Gasteiger charge is 2.39. The van der Waals surface area contributed by atoms with Crippen LogP contribution in [-0.2, 0) is 10.0 Å². The van der Waals surface area contributed by atoms with Gasteiger partial charge in [0.05, 0.1) is 12.0 Å². The van der Waals surface area contributed by atoms with Crippen LogP contribution >= 0.6 is 0 Å². The van der Waals surface area contributed by atoms with E-state index in [2.05, 4.69) is 0 Å². The average Bonchev–Trinajstić information content (AvgIpc) is 2.54. The van der Waals surface area contributed by atoms with Crippen LogP contribution in [0.1, 0.15) is 38.5 Å². The van der Waals surface area contributed by atoms with Gasteiger partial charge in [0.15, 0.2) is 0 Å². The molecule has 1 aromatic carbocycles. The molecule has 3 rings (SSSR count). The van der Waals surface area contributed by atoms with E-state index in [9.17, 15) is 8.42 Å². The van der Waals surface area contributed by atoms with E-state index >= 15 is 0 Å². The first-order chi connectivity index (χ1) is 10.1. The molecule has 1 aromatic rings. The first-order valence-corrected chi connectivity index (χ1v) is 9.23. The van der Waals surface area contributed by atoms with Crippen LogP contribution in [-0.4, -0.2) is 32.4 Å². The number of rotatable bonds is 3. The lowest BCUT2D eigenvalue weighted by Gasteiger charge is -2.43. The van der Waals surface area contributed by atoms with Crippen molar-refractivity contribution < 1.29 is 13.2 Å². The Morgan fingerprint density at radius 1 is 1.05 bits per heavy atom. The van der Waals surface area contributed by atoms with Crippen molar-refractivity contribution in [1.82, 2.24) is 4.31 Å². The maximum Gasteiger partial charge on any atom is 0.243 e. The van der Waals surface area contributed by atoms with Gasteiger partial charge in [-0.3, -0.25) is 0 Å². The molecule has 0 aromatic heterocycles. The third kappa shape index (κ3) is 2.81. The highest BCUT2D eigenvalue weighted by atomic mass is 32.2. The lowest BCUT2D eigenvalue weighted by Crippen LogP contribution is -2.49. The molecule has 0 amide bonds. The molecule has 5 heteroatoms. The van der Waals surface area contributed by atoms with Gasteiger partial charge in [-0.15, -0.1) is 0 Å². The third-order valence-corrected chi connectivity index (χ3v) is 6.80. The molecular formula is C16H23NO3S. The molecule has 2 aliphatic rings. The predicted octanol–water partition coefficient (Wildman–Crippen LogP) is 3.04. The maximum atomic E-state index is 12.9. The minimum absolute atomic E-state index is 0.208. The Morgan fingerprint density at radius 3 is 2.43 bits per heavy atom. The molecule has 21 heavy (non-hydrogen) atoms. The Hall–Kier alpha value is -1.07. The van der Waals surface area contributed by atoms with Crippen LogP contribution in [0.25, 0.3) is 0 Å². The van der Waals surface area contributed by atoms with E-state index in [0.29, 0.717) is 23.1 Å². The molecule has 2 fully saturated rings. The first-order valence-electron chi connectivity index (χ1n) is 7.79. The van der Waals surface area contributed by atoms with Crippen molar-refractivity contribution >= 4 is 10.0 Å². The molecule has 1 heterocycles. The number of ether oxygens (including phenoxy) is 1. The van der Waals surface area contributed by atoms with Gasteiger partial charge < -0.3 is 4.74 Å². The minimum Gasteiger partial charge on any atom is -0.497 e. The smallest absolute Gasteiger partial charge is 0.243 e. The van der Waals surface area contributed by atoms with Gasteiger partial charge in [-0.1, -0.05) is 12.8 Å². The Bertz CT molecular complexity index is 580. The zero-order valence-electron chi connectivity index (χ0n) is 12.5. The number of hydrogen-bond donors (Lipinski definition) is 0. The van der Waals surface area contributed by atoms with Crippen molar-refractivity contribution in [1.29, 1.82) is 0 Å². The lowest BCUT2D eigenvalue weighted by atomic mass is 9.79. The Labute approximate surface area is 127 Å². The summed E-state index contributed by atoms with van der Waals surface area (Å²) in [6.07, 6.45) is 6.75. The molecular weight excluding hydrogens is 286 g/mol. The van der Waals surface area contributed by atoms with Crippen LogP contribution in [0.15, 0.2) is 29.2 Å². The summed E-state index contributed by atoms with van der Waals surface area (Å²) in [6.45, 7) is 0.662. The van der Waals surface area contributed by atoms with E-state index in [-0.39, 0.29) is 6.04 Å². The fourth-order valence-electron chi connectivity index (χ4n) is 3.76. The van der Waals surface area contributed by atoms with Gasteiger partial charge in [0.2, 0.25) is 10.0 Å². The summed E-state index contributed by atoms with van der Waals surface area (Å²) in [5.41, 5.74) is 0. The summed E-state index contributed by atoms with van der Waals surface area (Å²) < 4.78 is 32.7. The molecule has 2 atom stereocenters. The molecule has 0 bridgehead atoms. The van der Waals surface area contributed by atoms with Crippen LogP contribution in [0, 0.1) is 5.92 Å². The zero-order valence-corrected chi connectivity index (χ0v) is 13.3. The summed E-state index contributed by atoms with van der Waals surface area (Å²) in [6, 6.07) is 6.95. The van der Waals surface area contributed by atoms with E-state index in [1.165, 1.54) is 19.3 Å². The second-order valence-electron chi connectivity index (χ2n) is 6.05. The molecule has 1 saturated heterocycles. The Balaban J connectivity index is 1.88. The van der Waals surface area contributed by atoms with E-state index in [4.69, 9.17) is 4.74 Å². The van der Waals surface area contributed by atoms with Crippen molar-refractivity contribution in [2.75, 3.05) is 13.7 Å². The SMILES string of the molecule is COc1ccc(S(=O)(=O)N2CCC[C@H]3CCCC[C@@H]32)cc1. The number of methoxy groups -OCH3 is 1. The number of piperidine rings is 1. The molecule has 1 saturated carbocycles. The number of hydrogen-bond acceptors (Lipinski definition) is 3. The quantitative estimate of drug-likeness (QED) is 0.862. The summed E-state index contributed by atoms with van der Waals surface area (Å²) in [5, 5.41) is 0. The number of sulfonamides is 1. The molecule has 0 spiro atoms. The monoisotopic (exact) mass is 309 g/mol. The number of nitrogens with zero attached hydrogens (tertiary/aromatic N) is 1. The molecule has 0 unspecified atom stereocenters. The maximum absolute atomic E-state index is 12.9. The fraction of sp³-hybridized carbons (Fsp3) is 0.625. The largest absolute Gasteiger partial charge is 0.497 e. The standard InChI is InChI=1S/C16H23NO3S/c1-20-14-8-10-15(11-9-14)21(18,19)17-12-4-6-13-5-2-3-7-16(13)17/h8-11,13,16H,2-7,12H2,1H3/t13-,16+/m1/s1. The van der Waals surface area contributed by atoms with Crippen LogP contribution in [0.5, 0.6) is 5.75 Å². The normalized spacial score (nSPS) is 27.1. The van der Waals surface area contributed by atoms with Gasteiger partial charge in [0, 0.05) is 12.6 Å². The van der Waals surface area contributed by atoms with Gasteiger partial charge in [-0.05, 0) is 55.9 Å². The molecule has 1 aliphatic carbocycles. The summed E-state index contributed by atoms with van der Waals surface area (Å²) in [4.78, 5) is 0.384. The molecule has 116 valence electrons. The van der Waals surface area contributed by atoms with Crippen LogP contribution in [0.2, 0.25) is 0 Å². The van der Waals surface area contributed by atoms with Crippen molar-refractivity contribution in [2.45, 2.75) is 49.5 Å². The summed E-state index contributed by atoms with van der Waals surface area (Å²) in [7, 11) is -1.80. The van der Waals surface area contributed by atoms with Gasteiger partial charge in [0.25, 0.3) is 0 Å². The molecule has 4 nitrogen and oxygen atoms in total. The number of benzene rings is 1. The van der Waals surface area contributed by atoms with Gasteiger partial charge in [-0.2, -0.15) is 4.31 Å². The topological polar surface area (TPSA) is 46.6 Å². The minimum atomic E-state index is -3.38. The van der Waals surface area contributed by atoms with Gasteiger partial charge in [-0.25, -0.2) is 8.42 Å². The molecule has 1 aliphatic heterocycles. The molecule has 0 radical (unpaired) electrons. The third-order valence-electron chi connectivity index (χ3n) is 4.86. The van der Waals surface area contributed by atoms with Crippen LogP contribution < -0.4 is 4.74 Å². The Morgan fingerprint density at radius 2 is 1.71 bits per heavy atom. The second kappa shape index (κ2) is 5.97. The van der Waals surface area contributed by atoms with Crippen molar-refractivity contribution in [3.63, 3.8) is 0 Å². The van der Waals surface area contributed by atoms with Gasteiger partial charge >= 0.3 is 0 Å².